The number of nitrogens with zero attached hydrogens (tertiary/aromatic N) is 3. The molecule has 1 N–H and O–H groups in total. The molecule has 0 saturated heterocycles. The van der Waals surface area contributed by atoms with Crippen LogP contribution in [0.15, 0.2) is 47.4 Å². The number of hydrazine groups is 1. The smallest absolute Gasteiger partial charge is 0.271 e. The fourth-order valence-corrected chi connectivity index (χ4v) is 3.28. The van der Waals surface area contributed by atoms with Crippen LogP contribution in [-0.2, 0) is 9.59 Å². The first-order chi connectivity index (χ1) is 12.6. The summed E-state index contributed by atoms with van der Waals surface area (Å²) in [6.45, 7) is 1.59. The maximum absolute atomic E-state index is 12.2. The van der Waals surface area contributed by atoms with Crippen LogP contribution in [0, 0.1) is 12.3 Å². The number of carbonyl (C=O) groups is 2. The fourth-order valence-electron chi connectivity index (χ4n) is 2.62. The third kappa shape index (κ3) is 2.62. The van der Waals surface area contributed by atoms with Gasteiger partial charge < -0.3 is 0 Å². The number of fused-ring (bicyclic) bond motifs is 1. The Kier molecular flexibility index (Phi) is 3.75. The number of anilines is 1. The third-order valence-corrected chi connectivity index (χ3v) is 4.79. The van der Waals surface area contributed by atoms with E-state index in [1.165, 1.54) is 17.4 Å². The van der Waals surface area contributed by atoms with Crippen molar-refractivity contribution in [1.29, 1.82) is 0 Å². The van der Waals surface area contributed by atoms with Crippen LogP contribution in [0.2, 0.25) is 0 Å². The summed E-state index contributed by atoms with van der Waals surface area (Å²) in [5.41, 5.74) is 4.51. The predicted octanol–water partition coefficient (Wildman–Crippen LogP) is 2.98. The van der Waals surface area contributed by atoms with E-state index < -0.39 is 11.8 Å². The van der Waals surface area contributed by atoms with Gasteiger partial charge in [-0.2, -0.15) is 5.01 Å². The number of hydrogen-bond donors (Lipinski definition) is 1. The highest BCUT2D eigenvalue weighted by molar-refractivity contribution is 7.13. The Balaban J connectivity index is 1.87. The van der Waals surface area contributed by atoms with E-state index in [-0.39, 0.29) is 0 Å². The van der Waals surface area contributed by atoms with Crippen molar-refractivity contribution >= 4 is 39.9 Å². The van der Waals surface area contributed by atoms with Crippen molar-refractivity contribution in [2.75, 3.05) is 5.43 Å². The van der Waals surface area contributed by atoms with Crippen molar-refractivity contribution in [3.8, 4) is 23.0 Å². The third-order valence-electron chi connectivity index (χ3n) is 3.92. The molecular weight excluding hydrogens is 348 g/mol. The van der Waals surface area contributed by atoms with Gasteiger partial charge >= 0.3 is 0 Å². The molecule has 2 amide bonds. The number of nitrogens with one attached hydrogen (secondary N) is 1. The topological polar surface area (TPSA) is 75.2 Å². The second-order valence-corrected chi connectivity index (χ2v) is 6.62. The van der Waals surface area contributed by atoms with E-state index >= 15 is 0 Å². The minimum Gasteiger partial charge on any atom is -0.271 e. The second-order valence-electron chi connectivity index (χ2n) is 5.67. The summed E-state index contributed by atoms with van der Waals surface area (Å²) in [4.78, 5) is 34.2. The lowest BCUT2D eigenvalue weighted by atomic mass is 10.1. The van der Waals surface area contributed by atoms with Gasteiger partial charge in [0.15, 0.2) is 11.6 Å². The van der Waals surface area contributed by atoms with Crippen LogP contribution >= 0.6 is 11.3 Å². The Hall–Kier alpha value is -3.50. The van der Waals surface area contributed by atoms with E-state index in [0.717, 1.165) is 9.89 Å². The first kappa shape index (κ1) is 16.0. The highest BCUT2D eigenvalue weighted by Gasteiger charge is 2.29. The van der Waals surface area contributed by atoms with Crippen LogP contribution in [0.5, 0.6) is 0 Å². The molecule has 1 aromatic carbocycles. The minimum atomic E-state index is -0.440. The van der Waals surface area contributed by atoms with Gasteiger partial charge in [-0.15, -0.1) is 17.8 Å². The normalized spacial score (nSPS) is 13.8. The molecule has 0 saturated carbocycles. The van der Waals surface area contributed by atoms with E-state index in [1.54, 1.807) is 25.1 Å². The second kappa shape index (κ2) is 6.10. The first-order valence-corrected chi connectivity index (χ1v) is 8.60. The molecule has 4 rings (SSSR count). The molecule has 0 bridgehead atoms. The van der Waals surface area contributed by atoms with Gasteiger partial charge in [0, 0.05) is 22.6 Å². The molecule has 0 atom stereocenters. The molecule has 26 heavy (non-hydrogen) atoms. The summed E-state index contributed by atoms with van der Waals surface area (Å²) in [7, 11) is 0. The van der Waals surface area contributed by atoms with Crippen LogP contribution in [0.1, 0.15) is 12.5 Å². The van der Waals surface area contributed by atoms with E-state index in [9.17, 15) is 9.59 Å². The number of carbonyl (C=O) groups excluding carboxylic acids is 2. The molecule has 2 aromatic heterocycles. The summed E-state index contributed by atoms with van der Waals surface area (Å²) in [5.74, 6) is 2.57. The molecule has 3 heterocycles. The summed E-state index contributed by atoms with van der Waals surface area (Å²) in [6, 6.07) is 9.15. The van der Waals surface area contributed by atoms with Gasteiger partial charge in [0.1, 0.15) is 0 Å². The molecule has 6 nitrogen and oxygen atoms in total. The van der Waals surface area contributed by atoms with Gasteiger partial charge in [0.05, 0.1) is 10.4 Å². The number of rotatable bonds is 3. The molecule has 0 spiro atoms. The van der Waals surface area contributed by atoms with E-state index in [1.807, 2.05) is 17.5 Å². The zero-order valence-corrected chi connectivity index (χ0v) is 14.5. The van der Waals surface area contributed by atoms with Crippen LogP contribution < -0.4 is 5.43 Å². The average molecular weight is 360 g/mol. The van der Waals surface area contributed by atoms with Gasteiger partial charge in [-0.05, 0) is 36.6 Å². The maximum Gasteiger partial charge on any atom is 0.275 e. The highest BCUT2D eigenvalue weighted by atomic mass is 32.1. The van der Waals surface area contributed by atoms with Crippen molar-refractivity contribution in [1.82, 2.24) is 15.0 Å². The van der Waals surface area contributed by atoms with Crippen molar-refractivity contribution in [3.05, 3.63) is 52.9 Å². The van der Waals surface area contributed by atoms with Crippen molar-refractivity contribution in [2.45, 2.75) is 6.92 Å². The van der Waals surface area contributed by atoms with Gasteiger partial charge in [-0.25, -0.2) is 9.97 Å². The number of hydrogen-bond acceptors (Lipinski definition) is 6. The van der Waals surface area contributed by atoms with Crippen LogP contribution in [0.3, 0.4) is 0 Å². The lowest BCUT2D eigenvalue weighted by molar-refractivity contribution is -0.135. The number of thiophene rings is 1. The monoisotopic (exact) mass is 360 g/mol. The summed E-state index contributed by atoms with van der Waals surface area (Å²) in [6.07, 6.45) is 6.77. The van der Waals surface area contributed by atoms with Crippen molar-refractivity contribution in [2.24, 2.45) is 0 Å². The first-order valence-electron chi connectivity index (χ1n) is 7.72. The zero-order chi connectivity index (χ0) is 18.3. The van der Waals surface area contributed by atoms with Crippen molar-refractivity contribution in [3.63, 3.8) is 0 Å². The molecule has 0 unspecified atom stereocenters. The Labute approximate surface area is 153 Å². The van der Waals surface area contributed by atoms with Gasteiger partial charge in [-0.3, -0.25) is 15.0 Å². The molecule has 1 aliphatic rings. The molecule has 126 valence electrons. The van der Waals surface area contributed by atoms with Crippen LogP contribution in [0.25, 0.3) is 21.6 Å². The zero-order valence-electron chi connectivity index (χ0n) is 13.7. The maximum atomic E-state index is 12.2. The Bertz CT molecular complexity index is 1130. The quantitative estimate of drug-likeness (QED) is 0.574. The molecule has 0 aliphatic carbocycles. The molecule has 0 fully saturated rings. The number of terminal acetylenes is 1. The minimum absolute atomic E-state index is 0.348. The number of amides is 2. The van der Waals surface area contributed by atoms with E-state index in [0.29, 0.717) is 33.7 Å². The van der Waals surface area contributed by atoms with Gasteiger partial charge in [0.25, 0.3) is 11.8 Å². The lowest BCUT2D eigenvalue weighted by Crippen LogP contribution is -2.36. The summed E-state index contributed by atoms with van der Waals surface area (Å²) < 4.78 is 0. The number of imide groups is 1. The lowest BCUT2D eigenvalue weighted by Gasteiger charge is -2.18. The Morgan fingerprint density at radius 3 is 2.73 bits per heavy atom. The number of aromatic nitrogens is 2. The fraction of sp³-hybridized carbons (Fsp3) is 0.0526. The molecular formula is C19H12N4O2S. The molecule has 7 heteroatoms. The van der Waals surface area contributed by atoms with E-state index in [4.69, 9.17) is 6.42 Å². The van der Waals surface area contributed by atoms with E-state index in [2.05, 4.69) is 21.3 Å². The SMILES string of the molecule is C#Cc1ccc2nc(-c3cccs3)nc(NN3C(=O)C=C(C)C3=O)c2c1. The van der Waals surface area contributed by atoms with Crippen LogP contribution in [0.4, 0.5) is 5.82 Å². The predicted molar refractivity (Wildman–Crippen MR) is 100 cm³/mol. The highest BCUT2D eigenvalue weighted by Crippen LogP contribution is 2.29. The largest absolute Gasteiger partial charge is 0.275 e. The van der Waals surface area contributed by atoms with Gasteiger partial charge in [-0.1, -0.05) is 12.0 Å². The summed E-state index contributed by atoms with van der Waals surface area (Å²) >= 11 is 1.50. The average Bonchev–Trinajstić information content (AvgIpc) is 3.26. The van der Waals surface area contributed by atoms with Crippen molar-refractivity contribution < 1.29 is 9.59 Å². The standard InChI is InChI=1S/C19H12N4O2S/c1-3-12-6-7-14-13(10-12)17(21-18(20-14)15-5-4-8-26-15)22-23-16(24)9-11(2)19(23)25/h1,4-10H,2H3,(H,20,21,22). The molecule has 3 aromatic rings. The number of benzene rings is 1. The molecule has 0 radical (unpaired) electrons. The van der Waals surface area contributed by atoms with Gasteiger partial charge in [0.2, 0.25) is 0 Å². The van der Waals surface area contributed by atoms with Crippen LogP contribution in [-0.4, -0.2) is 26.8 Å². The Morgan fingerprint density at radius 2 is 2.08 bits per heavy atom. The molecule has 1 aliphatic heterocycles. The summed E-state index contributed by atoms with van der Waals surface area (Å²) in [5, 5.41) is 3.50. The Morgan fingerprint density at radius 1 is 1.23 bits per heavy atom.